The van der Waals surface area contributed by atoms with Crippen molar-refractivity contribution < 1.29 is 4.79 Å². The lowest BCUT2D eigenvalue weighted by Crippen LogP contribution is -2.58. The van der Waals surface area contributed by atoms with E-state index in [1.54, 1.807) is 0 Å². The highest BCUT2D eigenvalue weighted by molar-refractivity contribution is 5.79. The van der Waals surface area contributed by atoms with E-state index >= 15 is 0 Å². The van der Waals surface area contributed by atoms with Crippen LogP contribution in [0.15, 0.2) is 0 Å². The molecule has 2 aliphatic heterocycles. The smallest absolute Gasteiger partial charge is 0.224 e. The summed E-state index contributed by atoms with van der Waals surface area (Å²) >= 11 is 0. The first-order chi connectivity index (χ1) is 8.92. The topological polar surface area (TPSA) is 52.8 Å². The molecule has 1 unspecified atom stereocenters. The molecular weight excluding hydrogens is 240 g/mol. The lowest BCUT2D eigenvalue weighted by atomic mass is 10.0. The lowest BCUT2D eigenvalue weighted by Gasteiger charge is -2.45. The van der Waals surface area contributed by atoms with Gasteiger partial charge < -0.3 is 15.5 Å². The Labute approximate surface area is 116 Å². The maximum absolute atomic E-state index is 11.9. The molecule has 0 aromatic carbocycles. The molecule has 2 heterocycles. The summed E-state index contributed by atoms with van der Waals surface area (Å²) in [7, 11) is 0. The van der Waals surface area contributed by atoms with Crippen LogP contribution in [0, 0.1) is 0 Å². The third-order valence-corrected chi connectivity index (χ3v) is 4.50. The molecule has 2 fully saturated rings. The molecule has 110 valence electrons. The van der Waals surface area contributed by atoms with Crippen molar-refractivity contribution in [2.45, 2.75) is 38.8 Å². The lowest BCUT2D eigenvalue weighted by molar-refractivity contribution is -0.129. The molecule has 1 atom stereocenters. The van der Waals surface area contributed by atoms with E-state index in [4.69, 9.17) is 5.73 Å². The number of hydrogen-bond acceptors (Lipinski definition) is 4. The van der Waals surface area contributed by atoms with E-state index in [1.165, 1.54) is 0 Å². The summed E-state index contributed by atoms with van der Waals surface area (Å²) in [5, 5.41) is 0. The Bertz CT molecular complexity index is 323. The number of nitrogens with zero attached hydrogens (tertiary/aromatic N) is 3. The van der Waals surface area contributed by atoms with Gasteiger partial charge in [-0.2, -0.15) is 0 Å². The van der Waals surface area contributed by atoms with Gasteiger partial charge in [-0.05, 0) is 20.4 Å². The van der Waals surface area contributed by atoms with Crippen LogP contribution < -0.4 is 5.73 Å². The molecule has 0 saturated carbocycles. The van der Waals surface area contributed by atoms with Crippen molar-refractivity contribution in [3.8, 4) is 0 Å². The second-order valence-corrected chi connectivity index (χ2v) is 6.47. The Balaban J connectivity index is 1.89. The molecular formula is C14H28N4O. The van der Waals surface area contributed by atoms with Crippen LogP contribution in [-0.4, -0.2) is 78.0 Å². The molecule has 5 heteroatoms. The first kappa shape index (κ1) is 14.8. The normalized spacial score (nSPS) is 27.3. The van der Waals surface area contributed by atoms with Crippen molar-refractivity contribution >= 4 is 5.91 Å². The first-order valence-electron chi connectivity index (χ1n) is 7.43. The molecule has 0 aliphatic carbocycles. The van der Waals surface area contributed by atoms with Gasteiger partial charge in [0.15, 0.2) is 0 Å². The van der Waals surface area contributed by atoms with Crippen LogP contribution in [0.25, 0.3) is 0 Å². The predicted octanol–water partition coefficient (Wildman–Crippen LogP) is -0.0379. The number of hydrogen-bond donors (Lipinski definition) is 1. The van der Waals surface area contributed by atoms with E-state index in [9.17, 15) is 4.79 Å². The second-order valence-electron chi connectivity index (χ2n) is 6.47. The fourth-order valence-corrected chi connectivity index (χ4v) is 3.19. The molecule has 2 N–H and O–H groups in total. The van der Waals surface area contributed by atoms with Gasteiger partial charge in [0.1, 0.15) is 0 Å². The van der Waals surface area contributed by atoms with Gasteiger partial charge in [-0.1, -0.05) is 6.92 Å². The van der Waals surface area contributed by atoms with E-state index in [1.807, 2.05) is 4.90 Å². The fourth-order valence-electron chi connectivity index (χ4n) is 3.19. The number of likely N-dealkylation sites (N-methyl/N-ethyl adjacent to an activating group) is 1. The molecule has 0 aromatic heterocycles. The summed E-state index contributed by atoms with van der Waals surface area (Å²) in [6, 6.07) is 0.0280. The highest BCUT2D eigenvalue weighted by Crippen LogP contribution is 2.21. The van der Waals surface area contributed by atoms with Crippen LogP contribution in [0.1, 0.15) is 27.2 Å². The quantitative estimate of drug-likeness (QED) is 0.777. The summed E-state index contributed by atoms with van der Waals surface area (Å²) in [6.45, 7) is 13.8. The summed E-state index contributed by atoms with van der Waals surface area (Å²) in [4.78, 5) is 18.8. The van der Waals surface area contributed by atoms with Crippen molar-refractivity contribution in [2.24, 2.45) is 5.73 Å². The van der Waals surface area contributed by atoms with Gasteiger partial charge in [0, 0.05) is 57.3 Å². The van der Waals surface area contributed by atoms with E-state index < -0.39 is 0 Å². The van der Waals surface area contributed by atoms with Crippen LogP contribution >= 0.6 is 0 Å². The number of amides is 1. The van der Waals surface area contributed by atoms with E-state index in [-0.39, 0.29) is 17.5 Å². The Hall–Kier alpha value is -0.650. The molecule has 0 bridgehead atoms. The summed E-state index contributed by atoms with van der Waals surface area (Å²) in [5.41, 5.74) is 5.91. The zero-order valence-electron chi connectivity index (χ0n) is 12.6. The molecule has 19 heavy (non-hydrogen) atoms. The van der Waals surface area contributed by atoms with E-state index in [0.29, 0.717) is 6.42 Å². The van der Waals surface area contributed by atoms with Crippen molar-refractivity contribution in [1.29, 1.82) is 0 Å². The van der Waals surface area contributed by atoms with Gasteiger partial charge >= 0.3 is 0 Å². The number of nitrogens with two attached hydrogens (primary N) is 1. The van der Waals surface area contributed by atoms with Gasteiger partial charge in [-0.15, -0.1) is 0 Å². The number of rotatable bonds is 4. The monoisotopic (exact) mass is 268 g/mol. The molecule has 1 amide bonds. The van der Waals surface area contributed by atoms with E-state index in [0.717, 1.165) is 45.8 Å². The third kappa shape index (κ3) is 3.46. The minimum Gasteiger partial charge on any atom is -0.339 e. The van der Waals surface area contributed by atoms with Gasteiger partial charge in [0.25, 0.3) is 0 Å². The average Bonchev–Trinajstić information content (AvgIpc) is 2.67. The minimum atomic E-state index is 0.0280. The largest absolute Gasteiger partial charge is 0.339 e. The van der Waals surface area contributed by atoms with Crippen LogP contribution in [0.3, 0.4) is 0 Å². The number of likely N-dealkylation sites (tertiary alicyclic amines) is 1. The number of piperazine rings is 1. The van der Waals surface area contributed by atoms with Gasteiger partial charge in [-0.3, -0.25) is 9.69 Å². The first-order valence-corrected chi connectivity index (χ1v) is 7.43. The van der Waals surface area contributed by atoms with Crippen molar-refractivity contribution in [3.05, 3.63) is 0 Å². The Morgan fingerprint density at radius 1 is 1.26 bits per heavy atom. The van der Waals surface area contributed by atoms with Crippen LogP contribution in [-0.2, 0) is 4.79 Å². The zero-order valence-corrected chi connectivity index (χ0v) is 12.6. The maximum atomic E-state index is 11.9. The van der Waals surface area contributed by atoms with Gasteiger partial charge in [0.05, 0.1) is 0 Å². The number of carbonyl (C=O) groups is 1. The Morgan fingerprint density at radius 3 is 2.37 bits per heavy atom. The molecule has 2 aliphatic rings. The average molecular weight is 268 g/mol. The fraction of sp³-hybridized carbons (Fsp3) is 0.929. The van der Waals surface area contributed by atoms with Crippen molar-refractivity contribution in [1.82, 2.24) is 14.7 Å². The molecule has 2 saturated heterocycles. The number of carbonyl (C=O) groups excluding carboxylic acids is 1. The van der Waals surface area contributed by atoms with Crippen LogP contribution in [0.4, 0.5) is 0 Å². The second kappa shape index (κ2) is 5.77. The van der Waals surface area contributed by atoms with Crippen LogP contribution in [0.2, 0.25) is 0 Å². The standard InChI is InChI=1S/C14H28N4O/c1-4-16-5-7-18(8-6-16)14(2,3)11-17-10-12(15)9-13(17)19/h12H,4-11,15H2,1-3H3. The highest BCUT2D eigenvalue weighted by Gasteiger charge is 2.35. The van der Waals surface area contributed by atoms with Gasteiger partial charge in [0.2, 0.25) is 5.91 Å². The molecule has 2 rings (SSSR count). The summed E-state index contributed by atoms with van der Waals surface area (Å²) in [6.07, 6.45) is 0.514. The molecule has 0 aromatic rings. The van der Waals surface area contributed by atoms with Crippen molar-refractivity contribution in [3.63, 3.8) is 0 Å². The minimum absolute atomic E-state index is 0.0280. The summed E-state index contributed by atoms with van der Waals surface area (Å²) < 4.78 is 0. The molecule has 0 spiro atoms. The Kier molecular flexibility index (Phi) is 4.48. The van der Waals surface area contributed by atoms with E-state index in [2.05, 4.69) is 30.6 Å². The van der Waals surface area contributed by atoms with Crippen LogP contribution in [0.5, 0.6) is 0 Å². The zero-order chi connectivity index (χ0) is 14.0. The van der Waals surface area contributed by atoms with Crippen molar-refractivity contribution in [2.75, 3.05) is 45.8 Å². The maximum Gasteiger partial charge on any atom is 0.224 e. The summed E-state index contributed by atoms with van der Waals surface area (Å²) in [5.74, 6) is 0.216. The SMILES string of the molecule is CCN1CCN(C(C)(C)CN2CC(N)CC2=O)CC1. The Morgan fingerprint density at radius 2 is 1.89 bits per heavy atom. The van der Waals surface area contributed by atoms with Gasteiger partial charge in [-0.25, -0.2) is 0 Å². The highest BCUT2D eigenvalue weighted by atomic mass is 16.2. The third-order valence-electron chi connectivity index (χ3n) is 4.50. The predicted molar refractivity (Wildman–Crippen MR) is 76.9 cm³/mol. The molecule has 5 nitrogen and oxygen atoms in total. The molecule has 0 radical (unpaired) electrons.